The average Bonchev–Trinajstić information content (AvgIpc) is 3.11. The van der Waals surface area contributed by atoms with E-state index in [2.05, 4.69) is 4.74 Å². The summed E-state index contributed by atoms with van der Waals surface area (Å²) in [5.41, 5.74) is 1.08. The van der Waals surface area contributed by atoms with Gasteiger partial charge in [-0.2, -0.15) is 10.5 Å². The fraction of sp³-hybridized carbons (Fsp3) is 0.130. The smallest absolute Gasteiger partial charge is 0.337 e. The molecule has 0 aliphatic carbocycles. The summed E-state index contributed by atoms with van der Waals surface area (Å²) in [5, 5.41) is 18.7. The standard InChI is InChI=1S/C23H17N3O4S/c1-3-30-19-10-8-18(9-11-19)26-21(27)20(31-22(26)17(13-24)14-25)12-15-4-6-16(7-5-15)23(28)29-2/h4-12H,3H2,1-2H3. The van der Waals surface area contributed by atoms with Crippen molar-refractivity contribution < 1.29 is 14.3 Å². The largest absolute Gasteiger partial charge is 0.494 e. The Kier molecular flexibility index (Phi) is 6.66. The molecule has 0 aliphatic rings. The number of ether oxygens (including phenoxy) is 2. The zero-order valence-corrected chi connectivity index (χ0v) is 17.6. The molecule has 7 nitrogen and oxygen atoms in total. The maximum atomic E-state index is 13.2. The highest BCUT2D eigenvalue weighted by Gasteiger charge is 2.12. The van der Waals surface area contributed by atoms with E-state index in [1.54, 1.807) is 54.6 Å². The molecule has 0 aliphatic heterocycles. The number of hydrogen-bond donors (Lipinski definition) is 0. The van der Waals surface area contributed by atoms with Gasteiger partial charge in [-0.05, 0) is 55.0 Å². The van der Waals surface area contributed by atoms with Crippen LogP contribution in [0.2, 0.25) is 0 Å². The summed E-state index contributed by atoms with van der Waals surface area (Å²) >= 11 is 1.05. The lowest BCUT2D eigenvalue weighted by atomic mass is 10.1. The number of esters is 1. The first-order valence-electron chi connectivity index (χ1n) is 9.22. The number of carbonyl (C=O) groups is 1. The maximum Gasteiger partial charge on any atom is 0.337 e. The third kappa shape index (κ3) is 4.55. The van der Waals surface area contributed by atoms with E-state index in [9.17, 15) is 20.1 Å². The molecule has 2 aromatic carbocycles. The Hall–Kier alpha value is -4.14. The summed E-state index contributed by atoms with van der Waals surface area (Å²) in [6, 6.07) is 17.1. The summed E-state index contributed by atoms with van der Waals surface area (Å²) in [6.45, 7) is 2.38. The highest BCUT2D eigenvalue weighted by Crippen LogP contribution is 2.14. The van der Waals surface area contributed by atoms with Crippen molar-refractivity contribution in [1.82, 2.24) is 4.57 Å². The highest BCUT2D eigenvalue weighted by atomic mass is 32.1. The van der Waals surface area contributed by atoms with Gasteiger partial charge >= 0.3 is 5.97 Å². The second-order valence-electron chi connectivity index (χ2n) is 6.20. The van der Waals surface area contributed by atoms with E-state index in [0.29, 0.717) is 33.7 Å². The minimum absolute atomic E-state index is 0.156. The Bertz CT molecular complexity index is 1350. The molecule has 3 aromatic rings. The summed E-state index contributed by atoms with van der Waals surface area (Å²) in [4.78, 5) is 24.8. The van der Waals surface area contributed by atoms with Crippen LogP contribution < -0.4 is 19.5 Å². The fourth-order valence-electron chi connectivity index (χ4n) is 2.85. The van der Waals surface area contributed by atoms with Crippen LogP contribution in [0.1, 0.15) is 22.8 Å². The van der Waals surface area contributed by atoms with Gasteiger partial charge in [0.2, 0.25) is 0 Å². The van der Waals surface area contributed by atoms with E-state index in [-0.39, 0.29) is 15.8 Å². The van der Waals surface area contributed by atoms with Gasteiger partial charge in [0.1, 0.15) is 22.6 Å². The van der Waals surface area contributed by atoms with Gasteiger partial charge in [-0.1, -0.05) is 12.1 Å². The molecule has 0 unspecified atom stereocenters. The van der Waals surface area contributed by atoms with E-state index >= 15 is 0 Å². The van der Waals surface area contributed by atoms with E-state index in [1.165, 1.54) is 11.7 Å². The van der Waals surface area contributed by atoms with Crippen LogP contribution in [0.25, 0.3) is 17.3 Å². The van der Waals surface area contributed by atoms with E-state index < -0.39 is 5.97 Å². The highest BCUT2D eigenvalue weighted by molar-refractivity contribution is 7.07. The molecule has 0 spiro atoms. The van der Waals surface area contributed by atoms with Crippen molar-refractivity contribution in [1.29, 1.82) is 10.5 Å². The Morgan fingerprint density at radius 2 is 1.74 bits per heavy atom. The Balaban J connectivity index is 2.20. The van der Waals surface area contributed by atoms with Gasteiger partial charge in [0, 0.05) is 0 Å². The van der Waals surface area contributed by atoms with E-state index in [0.717, 1.165) is 11.3 Å². The van der Waals surface area contributed by atoms with Crippen LogP contribution >= 0.6 is 11.3 Å². The molecule has 0 bridgehead atoms. The first-order chi connectivity index (χ1) is 15.0. The predicted molar refractivity (Wildman–Crippen MR) is 116 cm³/mol. The lowest BCUT2D eigenvalue weighted by Crippen LogP contribution is -2.30. The Morgan fingerprint density at radius 1 is 1.10 bits per heavy atom. The number of nitriles is 2. The second kappa shape index (κ2) is 9.57. The monoisotopic (exact) mass is 431 g/mol. The number of benzene rings is 2. The first-order valence-corrected chi connectivity index (χ1v) is 10.0. The molecule has 0 fully saturated rings. The number of methoxy groups -OCH3 is 1. The molecule has 0 amide bonds. The SMILES string of the molecule is CCOc1ccc(-n2c(=C(C#N)C#N)sc(=Cc3ccc(C(=O)OC)cc3)c2=O)cc1. The summed E-state index contributed by atoms with van der Waals surface area (Å²) in [6.07, 6.45) is 1.65. The van der Waals surface area contributed by atoms with Crippen LogP contribution in [0.15, 0.2) is 53.3 Å². The van der Waals surface area contributed by atoms with Crippen LogP contribution in [0.5, 0.6) is 5.75 Å². The molecule has 1 heterocycles. The van der Waals surface area contributed by atoms with Gasteiger partial charge in [0.25, 0.3) is 5.56 Å². The molecule has 0 atom stereocenters. The lowest BCUT2D eigenvalue weighted by Gasteiger charge is -2.05. The van der Waals surface area contributed by atoms with Crippen molar-refractivity contribution in [3.8, 4) is 23.6 Å². The zero-order valence-electron chi connectivity index (χ0n) is 16.8. The summed E-state index contributed by atoms with van der Waals surface area (Å²) in [5.74, 6) is 0.198. The number of carbonyl (C=O) groups excluding carboxylic acids is 1. The van der Waals surface area contributed by atoms with Crippen molar-refractivity contribution in [3.05, 3.63) is 79.2 Å². The average molecular weight is 431 g/mol. The normalized spacial score (nSPS) is 10.8. The van der Waals surface area contributed by atoms with Crippen molar-refractivity contribution in [3.63, 3.8) is 0 Å². The van der Waals surface area contributed by atoms with Gasteiger partial charge in [0.05, 0.1) is 29.5 Å². The molecule has 3 rings (SSSR count). The predicted octanol–water partition coefficient (Wildman–Crippen LogP) is 2.11. The molecule has 8 heteroatoms. The summed E-state index contributed by atoms with van der Waals surface area (Å²) in [7, 11) is 1.30. The van der Waals surface area contributed by atoms with E-state index in [4.69, 9.17) is 4.74 Å². The van der Waals surface area contributed by atoms with Gasteiger partial charge in [-0.15, -0.1) is 11.3 Å². The van der Waals surface area contributed by atoms with Gasteiger partial charge in [0.15, 0.2) is 5.57 Å². The molecular weight excluding hydrogens is 414 g/mol. The number of nitrogens with zero attached hydrogens (tertiary/aromatic N) is 3. The van der Waals surface area contributed by atoms with Gasteiger partial charge < -0.3 is 9.47 Å². The second-order valence-corrected chi connectivity index (χ2v) is 7.23. The quantitative estimate of drug-likeness (QED) is 0.573. The molecule has 0 N–H and O–H groups in total. The summed E-state index contributed by atoms with van der Waals surface area (Å²) < 4.78 is 12.1. The van der Waals surface area contributed by atoms with Crippen LogP contribution in [-0.4, -0.2) is 24.3 Å². The van der Waals surface area contributed by atoms with Crippen molar-refractivity contribution in [2.24, 2.45) is 0 Å². The third-order valence-electron chi connectivity index (χ3n) is 4.30. The van der Waals surface area contributed by atoms with Crippen molar-refractivity contribution in [2.75, 3.05) is 13.7 Å². The van der Waals surface area contributed by atoms with Crippen LogP contribution in [-0.2, 0) is 4.74 Å². The fourth-order valence-corrected chi connectivity index (χ4v) is 3.90. The topological polar surface area (TPSA) is 105 Å². The molecule has 0 radical (unpaired) electrons. The van der Waals surface area contributed by atoms with Crippen LogP contribution in [0, 0.1) is 22.7 Å². The van der Waals surface area contributed by atoms with Crippen LogP contribution in [0.3, 0.4) is 0 Å². The molecular formula is C23H17N3O4S. The minimum atomic E-state index is -0.454. The number of thiazole rings is 1. The minimum Gasteiger partial charge on any atom is -0.494 e. The van der Waals surface area contributed by atoms with Gasteiger partial charge in [-0.25, -0.2) is 4.79 Å². The number of rotatable bonds is 5. The van der Waals surface area contributed by atoms with E-state index in [1.807, 2.05) is 19.1 Å². The molecule has 31 heavy (non-hydrogen) atoms. The molecule has 0 saturated carbocycles. The molecule has 0 saturated heterocycles. The van der Waals surface area contributed by atoms with Crippen molar-refractivity contribution in [2.45, 2.75) is 6.92 Å². The lowest BCUT2D eigenvalue weighted by molar-refractivity contribution is 0.0600. The Labute approximate surface area is 181 Å². The number of hydrogen-bond acceptors (Lipinski definition) is 7. The maximum absolute atomic E-state index is 13.2. The zero-order chi connectivity index (χ0) is 22.4. The Morgan fingerprint density at radius 3 is 2.29 bits per heavy atom. The number of aromatic nitrogens is 1. The molecule has 154 valence electrons. The third-order valence-corrected chi connectivity index (χ3v) is 5.39. The molecule has 1 aromatic heterocycles. The van der Waals surface area contributed by atoms with Crippen LogP contribution in [0.4, 0.5) is 0 Å². The van der Waals surface area contributed by atoms with Gasteiger partial charge in [-0.3, -0.25) is 9.36 Å². The first kappa shape index (κ1) is 21.6. The van der Waals surface area contributed by atoms with Crippen molar-refractivity contribution >= 4 is 29.0 Å².